The molecule has 0 aliphatic rings. The normalized spacial score (nSPS) is 11.0. The van der Waals surface area contributed by atoms with Crippen molar-refractivity contribution in [2.24, 2.45) is 5.92 Å². The summed E-state index contributed by atoms with van der Waals surface area (Å²) in [6, 6.07) is 5.53. The van der Waals surface area contributed by atoms with Crippen molar-refractivity contribution in [1.82, 2.24) is 5.32 Å². The van der Waals surface area contributed by atoms with Gasteiger partial charge in [-0.15, -0.1) is 0 Å². The fourth-order valence-electron chi connectivity index (χ4n) is 1.73. The van der Waals surface area contributed by atoms with Crippen LogP contribution in [0.2, 0.25) is 0 Å². The number of anilines is 1. The van der Waals surface area contributed by atoms with E-state index in [1.54, 1.807) is 6.08 Å². The molecule has 0 bridgehead atoms. The lowest BCUT2D eigenvalue weighted by Crippen LogP contribution is -2.23. The number of nitrogen functional groups attached to an aromatic ring is 1. The minimum Gasteiger partial charge on any atom is -0.491 e. The van der Waals surface area contributed by atoms with Crippen molar-refractivity contribution in [3.05, 3.63) is 29.8 Å². The second-order valence-electron chi connectivity index (χ2n) is 5.45. The second kappa shape index (κ2) is 9.06. The molecule has 0 saturated heterocycles. The molecule has 4 nitrogen and oxygen atoms in total. The Hall–Kier alpha value is -1.97. The molecule has 0 saturated carbocycles. The SMILES string of the molecule is CCCOc1ccc(/C=C\C(=O)NCCC(C)C)cc1N. The Morgan fingerprint density at radius 3 is 2.81 bits per heavy atom. The third-order valence-electron chi connectivity index (χ3n) is 2.94. The molecule has 0 aliphatic carbocycles. The van der Waals surface area contributed by atoms with Crippen LogP contribution < -0.4 is 15.8 Å². The largest absolute Gasteiger partial charge is 0.491 e. The summed E-state index contributed by atoms with van der Waals surface area (Å²) in [7, 11) is 0. The second-order valence-corrected chi connectivity index (χ2v) is 5.45. The predicted octanol–water partition coefficient (Wildman–Crippen LogP) is 3.23. The number of rotatable bonds is 8. The topological polar surface area (TPSA) is 64.3 Å². The maximum absolute atomic E-state index is 11.6. The van der Waals surface area contributed by atoms with E-state index >= 15 is 0 Å². The summed E-state index contributed by atoms with van der Waals surface area (Å²) in [6.07, 6.45) is 5.21. The average molecular weight is 290 g/mol. The van der Waals surface area contributed by atoms with Crippen LogP contribution in [-0.4, -0.2) is 19.1 Å². The highest BCUT2D eigenvalue weighted by atomic mass is 16.5. The van der Waals surface area contributed by atoms with E-state index in [-0.39, 0.29) is 5.91 Å². The van der Waals surface area contributed by atoms with Crippen molar-refractivity contribution in [3.8, 4) is 5.75 Å². The summed E-state index contributed by atoms with van der Waals surface area (Å²) < 4.78 is 5.51. The fourth-order valence-corrected chi connectivity index (χ4v) is 1.73. The summed E-state index contributed by atoms with van der Waals surface area (Å²) in [5.74, 6) is 1.20. The van der Waals surface area contributed by atoms with Gasteiger partial charge in [-0.3, -0.25) is 4.79 Å². The summed E-state index contributed by atoms with van der Waals surface area (Å²) in [5, 5.41) is 2.86. The average Bonchev–Trinajstić information content (AvgIpc) is 2.43. The molecule has 1 aromatic carbocycles. The van der Waals surface area contributed by atoms with Crippen LogP contribution in [0.5, 0.6) is 5.75 Å². The van der Waals surface area contributed by atoms with Crippen LogP contribution in [0.25, 0.3) is 6.08 Å². The monoisotopic (exact) mass is 290 g/mol. The van der Waals surface area contributed by atoms with Crippen LogP contribution in [0.3, 0.4) is 0 Å². The first-order valence-corrected chi connectivity index (χ1v) is 7.51. The lowest BCUT2D eigenvalue weighted by molar-refractivity contribution is -0.116. The van der Waals surface area contributed by atoms with E-state index < -0.39 is 0 Å². The van der Waals surface area contributed by atoms with Gasteiger partial charge in [0.15, 0.2) is 0 Å². The first-order chi connectivity index (χ1) is 10.0. The van der Waals surface area contributed by atoms with Gasteiger partial charge in [-0.2, -0.15) is 0 Å². The highest BCUT2D eigenvalue weighted by Crippen LogP contribution is 2.23. The van der Waals surface area contributed by atoms with Gasteiger partial charge in [0.05, 0.1) is 12.3 Å². The molecule has 0 fully saturated rings. The highest BCUT2D eigenvalue weighted by molar-refractivity contribution is 5.91. The van der Waals surface area contributed by atoms with Gasteiger partial charge in [-0.05, 0) is 42.5 Å². The maximum Gasteiger partial charge on any atom is 0.243 e. The van der Waals surface area contributed by atoms with Crippen molar-refractivity contribution in [3.63, 3.8) is 0 Å². The zero-order chi connectivity index (χ0) is 15.7. The van der Waals surface area contributed by atoms with Crippen LogP contribution in [0.1, 0.15) is 39.2 Å². The van der Waals surface area contributed by atoms with Gasteiger partial charge < -0.3 is 15.8 Å². The van der Waals surface area contributed by atoms with Gasteiger partial charge >= 0.3 is 0 Å². The summed E-state index contributed by atoms with van der Waals surface area (Å²) >= 11 is 0. The molecule has 0 radical (unpaired) electrons. The molecule has 0 atom stereocenters. The van der Waals surface area contributed by atoms with E-state index in [0.717, 1.165) is 18.4 Å². The van der Waals surface area contributed by atoms with E-state index in [9.17, 15) is 4.79 Å². The Morgan fingerprint density at radius 2 is 2.19 bits per heavy atom. The van der Waals surface area contributed by atoms with Crippen LogP contribution >= 0.6 is 0 Å². The molecule has 0 unspecified atom stereocenters. The fraction of sp³-hybridized carbons (Fsp3) is 0.471. The number of carbonyl (C=O) groups excluding carboxylic acids is 1. The Bertz CT molecular complexity index is 482. The molecule has 0 aromatic heterocycles. The lowest BCUT2D eigenvalue weighted by atomic mass is 10.1. The zero-order valence-electron chi connectivity index (χ0n) is 13.2. The Balaban J connectivity index is 2.52. The standard InChI is InChI=1S/C17H26N2O2/c1-4-11-21-16-7-5-14(12-15(16)18)6-8-17(20)19-10-9-13(2)3/h5-8,12-13H,4,9-11,18H2,1-3H3,(H,19,20)/b8-6-. The number of benzene rings is 1. The smallest absolute Gasteiger partial charge is 0.243 e. The van der Waals surface area contributed by atoms with Crippen LogP contribution in [-0.2, 0) is 4.79 Å². The first kappa shape index (κ1) is 17.1. The number of ether oxygens (including phenoxy) is 1. The van der Waals surface area contributed by atoms with Gasteiger partial charge in [-0.1, -0.05) is 26.8 Å². The van der Waals surface area contributed by atoms with Crippen molar-refractivity contribution < 1.29 is 9.53 Å². The Kier molecular flexibility index (Phi) is 7.37. The number of hydrogen-bond acceptors (Lipinski definition) is 3. The number of carbonyl (C=O) groups is 1. The molecule has 0 heterocycles. The van der Waals surface area contributed by atoms with Crippen LogP contribution in [0.15, 0.2) is 24.3 Å². The van der Waals surface area contributed by atoms with E-state index in [0.29, 0.717) is 30.5 Å². The molecular formula is C17H26N2O2. The Morgan fingerprint density at radius 1 is 1.43 bits per heavy atom. The van der Waals surface area contributed by atoms with Crippen molar-refractivity contribution in [1.29, 1.82) is 0 Å². The van der Waals surface area contributed by atoms with Crippen LogP contribution in [0.4, 0.5) is 5.69 Å². The minimum absolute atomic E-state index is 0.0828. The zero-order valence-corrected chi connectivity index (χ0v) is 13.2. The highest BCUT2D eigenvalue weighted by Gasteiger charge is 2.01. The van der Waals surface area contributed by atoms with Crippen molar-refractivity contribution in [2.45, 2.75) is 33.6 Å². The molecule has 1 aromatic rings. The summed E-state index contributed by atoms with van der Waals surface area (Å²) in [4.78, 5) is 11.6. The maximum atomic E-state index is 11.6. The molecule has 3 N–H and O–H groups in total. The molecule has 116 valence electrons. The number of nitrogens with two attached hydrogens (primary N) is 1. The molecule has 1 rings (SSSR count). The van der Waals surface area contributed by atoms with E-state index in [4.69, 9.17) is 10.5 Å². The van der Waals surface area contributed by atoms with Crippen LogP contribution in [0, 0.1) is 5.92 Å². The predicted molar refractivity (Wildman–Crippen MR) is 88.1 cm³/mol. The van der Waals surface area contributed by atoms with E-state index in [1.165, 1.54) is 6.08 Å². The van der Waals surface area contributed by atoms with E-state index in [2.05, 4.69) is 19.2 Å². The van der Waals surface area contributed by atoms with Gasteiger partial charge in [0, 0.05) is 12.6 Å². The van der Waals surface area contributed by atoms with Crippen molar-refractivity contribution >= 4 is 17.7 Å². The summed E-state index contributed by atoms with van der Waals surface area (Å²) in [5.41, 5.74) is 7.40. The molecule has 4 heteroatoms. The Labute approximate surface area is 127 Å². The lowest BCUT2D eigenvalue weighted by Gasteiger charge is -2.08. The van der Waals surface area contributed by atoms with Gasteiger partial charge in [0.25, 0.3) is 0 Å². The first-order valence-electron chi connectivity index (χ1n) is 7.51. The quantitative estimate of drug-likeness (QED) is 0.570. The summed E-state index contributed by atoms with van der Waals surface area (Å²) in [6.45, 7) is 7.66. The van der Waals surface area contributed by atoms with Gasteiger partial charge in [0.1, 0.15) is 5.75 Å². The number of nitrogens with one attached hydrogen (secondary N) is 1. The van der Waals surface area contributed by atoms with E-state index in [1.807, 2.05) is 25.1 Å². The number of hydrogen-bond donors (Lipinski definition) is 2. The van der Waals surface area contributed by atoms with Gasteiger partial charge in [-0.25, -0.2) is 0 Å². The third kappa shape index (κ3) is 6.84. The van der Waals surface area contributed by atoms with Crippen molar-refractivity contribution in [2.75, 3.05) is 18.9 Å². The van der Waals surface area contributed by atoms with Gasteiger partial charge in [0.2, 0.25) is 5.91 Å². The molecule has 1 amide bonds. The molecule has 0 spiro atoms. The number of amides is 1. The third-order valence-corrected chi connectivity index (χ3v) is 2.94. The minimum atomic E-state index is -0.0828. The molecule has 21 heavy (non-hydrogen) atoms. The molecule has 0 aliphatic heterocycles. The molecular weight excluding hydrogens is 264 g/mol.